The van der Waals surface area contributed by atoms with E-state index in [4.69, 9.17) is 4.74 Å². The van der Waals surface area contributed by atoms with E-state index in [1.165, 1.54) is 57.8 Å². The first-order valence-corrected chi connectivity index (χ1v) is 15.2. The van der Waals surface area contributed by atoms with Crippen LogP contribution in [0.5, 0.6) is 0 Å². The summed E-state index contributed by atoms with van der Waals surface area (Å²) in [6, 6.07) is 9.49. The summed E-state index contributed by atoms with van der Waals surface area (Å²) in [5.74, 6) is 5.03. The lowest BCUT2D eigenvalue weighted by Crippen LogP contribution is -2.51. The second kappa shape index (κ2) is 10.3. The zero-order valence-electron chi connectivity index (χ0n) is 23.6. The minimum Gasteiger partial charge on any atom is -0.458 e. The molecule has 0 heterocycles. The summed E-state index contributed by atoms with van der Waals surface area (Å²) in [5, 5.41) is 0. The van der Waals surface area contributed by atoms with Crippen molar-refractivity contribution in [1.29, 1.82) is 0 Å². The normalized spacial score (nSPS) is 38.5. The van der Waals surface area contributed by atoms with Crippen molar-refractivity contribution in [2.45, 2.75) is 111 Å². The van der Waals surface area contributed by atoms with Crippen molar-refractivity contribution in [3.8, 4) is 0 Å². The van der Waals surface area contributed by atoms with Gasteiger partial charge < -0.3 is 4.74 Å². The molecule has 0 aliphatic heterocycles. The van der Waals surface area contributed by atoms with E-state index in [1.54, 1.807) is 5.57 Å². The second-order valence-corrected chi connectivity index (χ2v) is 13.9. The largest absolute Gasteiger partial charge is 0.458 e. The molecule has 0 N–H and O–H groups in total. The van der Waals surface area contributed by atoms with Crippen LogP contribution in [-0.2, 0) is 4.74 Å². The summed E-state index contributed by atoms with van der Waals surface area (Å²) in [4.78, 5) is 12.7. The number of allylic oxidation sites excluding steroid dienone is 1. The van der Waals surface area contributed by atoms with Crippen LogP contribution in [0, 0.1) is 46.3 Å². The first-order valence-electron chi connectivity index (χ1n) is 15.2. The van der Waals surface area contributed by atoms with Crippen molar-refractivity contribution in [3.05, 3.63) is 47.5 Å². The van der Waals surface area contributed by atoms with E-state index >= 15 is 0 Å². The van der Waals surface area contributed by atoms with Crippen LogP contribution in [0.15, 0.2) is 42.0 Å². The Morgan fingerprint density at radius 3 is 2.50 bits per heavy atom. The fourth-order valence-corrected chi connectivity index (χ4v) is 9.55. The smallest absolute Gasteiger partial charge is 0.338 e. The monoisotopic (exact) mass is 490 g/mol. The Kier molecular flexibility index (Phi) is 7.45. The molecule has 0 bridgehead atoms. The van der Waals surface area contributed by atoms with Crippen LogP contribution in [0.1, 0.15) is 116 Å². The maximum absolute atomic E-state index is 12.7. The molecule has 5 rings (SSSR count). The van der Waals surface area contributed by atoms with Gasteiger partial charge in [0, 0.05) is 6.42 Å². The van der Waals surface area contributed by atoms with Crippen LogP contribution in [-0.4, -0.2) is 12.1 Å². The predicted octanol–water partition coefficient (Wildman–Crippen LogP) is 9.25. The third-order valence-corrected chi connectivity index (χ3v) is 11.5. The molecule has 3 fully saturated rings. The van der Waals surface area contributed by atoms with Crippen molar-refractivity contribution < 1.29 is 9.53 Å². The molecule has 1 aromatic carbocycles. The van der Waals surface area contributed by atoms with Crippen molar-refractivity contribution in [3.63, 3.8) is 0 Å². The fraction of sp³-hybridized carbons (Fsp3) is 0.735. The molecule has 2 heteroatoms. The zero-order chi connectivity index (χ0) is 25.5. The van der Waals surface area contributed by atoms with Gasteiger partial charge in [0.15, 0.2) is 0 Å². The SMILES string of the molecule is CC(C)CCC[C@@H](C)[C@H]1CC[C@@H]2[C@@H]3CC=C4C[C@@H](OC(=O)c5ccccc5)CC[C@]4(C)[C@@H]3CC[C@@]21C. The van der Waals surface area contributed by atoms with Crippen LogP contribution >= 0.6 is 0 Å². The number of hydrogen-bond acceptors (Lipinski definition) is 2. The number of benzene rings is 1. The lowest BCUT2D eigenvalue weighted by atomic mass is 9.47. The van der Waals surface area contributed by atoms with Crippen LogP contribution in [0.2, 0.25) is 0 Å². The summed E-state index contributed by atoms with van der Waals surface area (Å²) in [6.07, 6.45) is 17.0. The van der Waals surface area contributed by atoms with E-state index in [-0.39, 0.29) is 12.1 Å². The molecule has 0 unspecified atom stereocenters. The van der Waals surface area contributed by atoms with E-state index in [9.17, 15) is 4.79 Å². The number of rotatable bonds is 7. The number of carbonyl (C=O) groups is 1. The second-order valence-electron chi connectivity index (χ2n) is 13.9. The molecule has 4 aliphatic carbocycles. The van der Waals surface area contributed by atoms with Gasteiger partial charge in [-0.25, -0.2) is 4.79 Å². The van der Waals surface area contributed by atoms with Crippen molar-refractivity contribution in [2.75, 3.05) is 0 Å². The molecule has 8 atom stereocenters. The van der Waals surface area contributed by atoms with Gasteiger partial charge in [-0.1, -0.05) is 83.7 Å². The van der Waals surface area contributed by atoms with Crippen LogP contribution < -0.4 is 0 Å². The van der Waals surface area contributed by atoms with Gasteiger partial charge in [-0.2, -0.15) is 0 Å². The molecule has 0 radical (unpaired) electrons. The molecule has 4 aliphatic rings. The maximum atomic E-state index is 12.7. The highest BCUT2D eigenvalue weighted by molar-refractivity contribution is 5.89. The average Bonchev–Trinajstić information content (AvgIpc) is 3.22. The molecule has 198 valence electrons. The van der Waals surface area contributed by atoms with Gasteiger partial charge in [0.25, 0.3) is 0 Å². The van der Waals surface area contributed by atoms with Crippen molar-refractivity contribution in [2.24, 2.45) is 46.3 Å². The van der Waals surface area contributed by atoms with E-state index in [2.05, 4.69) is 40.7 Å². The van der Waals surface area contributed by atoms with Crippen LogP contribution in [0.25, 0.3) is 0 Å². The summed E-state index contributed by atoms with van der Waals surface area (Å²) in [5.41, 5.74) is 3.12. The topological polar surface area (TPSA) is 26.3 Å². The van der Waals surface area contributed by atoms with Gasteiger partial charge >= 0.3 is 5.97 Å². The lowest BCUT2D eigenvalue weighted by molar-refractivity contribution is -0.0594. The van der Waals surface area contributed by atoms with E-state index < -0.39 is 0 Å². The first-order chi connectivity index (χ1) is 17.2. The maximum Gasteiger partial charge on any atom is 0.338 e. The van der Waals surface area contributed by atoms with E-state index in [1.807, 2.05) is 30.3 Å². The molecule has 36 heavy (non-hydrogen) atoms. The third kappa shape index (κ3) is 4.71. The molecular weight excluding hydrogens is 440 g/mol. The highest BCUT2D eigenvalue weighted by Crippen LogP contribution is 2.67. The van der Waals surface area contributed by atoms with E-state index in [0.29, 0.717) is 16.4 Å². The summed E-state index contributed by atoms with van der Waals surface area (Å²) >= 11 is 0. The van der Waals surface area contributed by atoms with Gasteiger partial charge in [0.1, 0.15) is 6.10 Å². The third-order valence-electron chi connectivity index (χ3n) is 11.5. The Morgan fingerprint density at radius 2 is 1.75 bits per heavy atom. The Bertz CT molecular complexity index is 947. The predicted molar refractivity (Wildman–Crippen MR) is 149 cm³/mol. The van der Waals surface area contributed by atoms with Gasteiger partial charge in [-0.05, 0) is 103 Å². The molecule has 0 amide bonds. The average molecular weight is 491 g/mol. The van der Waals surface area contributed by atoms with Crippen molar-refractivity contribution >= 4 is 5.97 Å². The highest BCUT2D eigenvalue weighted by atomic mass is 16.5. The fourth-order valence-electron chi connectivity index (χ4n) is 9.55. The summed E-state index contributed by atoms with van der Waals surface area (Å²) in [6.45, 7) is 12.6. The Hall–Kier alpha value is -1.57. The zero-order valence-corrected chi connectivity index (χ0v) is 23.6. The lowest BCUT2D eigenvalue weighted by Gasteiger charge is -2.58. The molecule has 0 spiro atoms. The minimum absolute atomic E-state index is 0.0324. The molecule has 0 saturated heterocycles. The van der Waals surface area contributed by atoms with Gasteiger partial charge in [-0.3, -0.25) is 0 Å². The molecule has 3 saturated carbocycles. The van der Waals surface area contributed by atoms with Crippen molar-refractivity contribution in [1.82, 2.24) is 0 Å². The highest BCUT2D eigenvalue weighted by Gasteiger charge is 2.59. The number of carbonyl (C=O) groups excluding carboxylic acids is 1. The molecule has 2 nitrogen and oxygen atoms in total. The Balaban J connectivity index is 1.25. The minimum atomic E-state index is -0.161. The number of hydrogen-bond donors (Lipinski definition) is 0. The summed E-state index contributed by atoms with van der Waals surface area (Å²) < 4.78 is 6.00. The Morgan fingerprint density at radius 1 is 0.972 bits per heavy atom. The number of fused-ring (bicyclic) bond motifs is 5. The number of ether oxygens (including phenoxy) is 1. The summed E-state index contributed by atoms with van der Waals surface area (Å²) in [7, 11) is 0. The molecule has 0 aromatic heterocycles. The first kappa shape index (κ1) is 26.1. The van der Waals surface area contributed by atoms with E-state index in [0.717, 1.165) is 48.3 Å². The standard InChI is InChI=1S/C34H50O2/c1-23(2)10-9-11-24(3)29-16-17-30-28-15-14-26-22-27(36-32(35)25-12-7-6-8-13-25)18-20-33(26,4)31(28)19-21-34(29,30)5/h6-8,12-14,23-24,27-31H,9-11,15-22H2,1-5H3/t24-,27+,28+,29-,30-,31-,33+,34-/m1/s1. The Labute approximate surface area is 220 Å². The van der Waals surface area contributed by atoms with Crippen LogP contribution in [0.3, 0.4) is 0 Å². The number of esters is 1. The quantitative estimate of drug-likeness (QED) is 0.281. The van der Waals surface area contributed by atoms with Gasteiger partial charge in [-0.15, -0.1) is 0 Å². The van der Waals surface area contributed by atoms with Crippen LogP contribution in [0.4, 0.5) is 0 Å². The molecular formula is C34H50O2. The van der Waals surface area contributed by atoms with Gasteiger partial charge in [0.2, 0.25) is 0 Å². The molecule has 1 aromatic rings. The van der Waals surface area contributed by atoms with Gasteiger partial charge in [0.05, 0.1) is 5.56 Å².